The van der Waals surface area contributed by atoms with Crippen LogP contribution in [-0.2, 0) is 0 Å². The molecule has 2 rings (SSSR count). The monoisotopic (exact) mass is 352 g/mol. The van der Waals surface area contributed by atoms with E-state index in [4.69, 9.17) is 10.9 Å². The zero-order valence-corrected chi connectivity index (χ0v) is 12.7. The Morgan fingerprint density at radius 1 is 1.38 bits per heavy atom. The number of pyridine rings is 1. The summed E-state index contributed by atoms with van der Waals surface area (Å²) in [7, 11) is 0. The van der Waals surface area contributed by atoms with Gasteiger partial charge < -0.3 is 15.8 Å². The fourth-order valence-electron chi connectivity index (χ4n) is 1.85. The molecule has 1 heterocycles. The standard InChI is InChI=1S/C14H14BrFN4O/c15-10-8-12(16)14(18-9-10)20(7-6-13(17)19-21)11-4-2-1-3-5-11/h1-5,8-9,21H,6-7H2,(H2,17,19). The molecule has 0 fully saturated rings. The zero-order chi connectivity index (χ0) is 15.2. The van der Waals surface area contributed by atoms with Crippen LogP contribution in [0.15, 0.2) is 52.2 Å². The quantitative estimate of drug-likeness (QED) is 0.375. The van der Waals surface area contributed by atoms with Crippen molar-refractivity contribution in [1.29, 1.82) is 0 Å². The number of nitrogens with zero attached hydrogens (tertiary/aromatic N) is 3. The molecule has 0 radical (unpaired) electrons. The minimum Gasteiger partial charge on any atom is -0.409 e. The van der Waals surface area contributed by atoms with Crippen molar-refractivity contribution in [2.75, 3.05) is 11.4 Å². The SMILES string of the molecule is N/C(CCN(c1ccccc1)c1ncc(Br)cc1F)=N/O. The van der Waals surface area contributed by atoms with Gasteiger partial charge in [-0.2, -0.15) is 0 Å². The van der Waals surface area contributed by atoms with E-state index in [1.54, 1.807) is 4.90 Å². The van der Waals surface area contributed by atoms with Crippen molar-refractivity contribution in [3.05, 3.63) is 52.9 Å². The summed E-state index contributed by atoms with van der Waals surface area (Å²) in [5, 5.41) is 11.6. The minimum absolute atomic E-state index is 0.0773. The third-order valence-corrected chi connectivity index (χ3v) is 3.27. The Labute approximate surface area is 130 Å². The summed E-state index contributed by atoms with van der Waals surface area (Å²) in [6.07, 6.45) is 1.81. The average Bonchev–Trinajstić information content (AvgIpc) is 2.50. The third kappa shape index (κ3) is 3.91. The van der Waals surface area contributed by atoms with Crippen molar-refractivity contribution in [2.24, 2.45) is 10.9 Å². The maximum atomic E-state index is 14.1. The lowest BCUT2D eigenvalue weighted by Crippen LogP contribution is -2.25. The van der Waals surface area contributed by atoms with Crippen LogP contribution >= 0.6 is 15.9 Å². The van der Waals surface area contributed by atoms with Crippen molar-refractivity contribution >= 4 is 33.3 Å². The van der Waals surface area contributed by atoms with Crippen LogP contribution in [0.1, 0.15) is 6.42 Å². The van der Waals surface area contributed by atoms with E-state index in [0.29, 0.717) is 11.0 Å². The summed E-state index contributed by atoms with van der Waals surface area (Å²) < 4.78 is 14.7. The molecule has 0 amide bonds. The van der Waals surface area contributed by atoms with Gasteiger partial charge in [0.1, 0.15) is 5.84 Å². The lowest BCUT2D eigenvalue weighted by molar-refractivity contribution is 0.317. The highest BCUT2D eigenvalue weighted by Gasteiger charge is 2.16. The Balaban J connectivity index is 2.35. The molecule has 5 nitrogen and oxygen atoms in total. The molecular formula is C14H14BrFN4O. The number of rotatable bonds is 5. The average molecular weight is 353 g/mol. The molecule has 0 bridgehead atoms. The number of hydrogen-bond donors (Lipinski definition) is 2. The van der Waals surface area contributed by atoms with Gasteiger partial charge in [-0.25, -0.2) is 9.37 Å². The molecule has 1 aromatic carbocycles. The van der Waals surface area contributed by atoms with Gasteiger partial charge in [0, 0.05) is 29.3 Å². The summed E-state index contributed by atoms with van der Waals surface area (Å²) in [5.74, 6) is -0.184. The van der Waals surface area contributed by atoms with Crippen molar-refractivity contribution < 1.29 is 9.60 Å². The zero-order valence-electron chi connectivity index (χ0n) is 11.1. The number of oxime groups is 1. The Hall–Kier alpha value is -2.15. The molecule has 0 aliphatic rings. The van der Waals surface area contributed by atoms with Gasteiger partial charge in [-0.05, 0) is 34.1 Å². The van der Waals surface area contributed by atoms with E-state index >= 15 is 0 Å². The molecule has 110 valence electrons. The van der Waals surface area contributed by atoms with E-state index in [2.05, 4.69) is 26.1 Å². The number of aromatic nitrogens is 1. The first-order valence-electron chi connectivity index (χ1n) is 6.22. The molecule has 0 aliphatic heterocycles. The molecular weight excluding hydrogens is 339 g/mol. The predicted molar refractivity (Wildman–Crippen MR) is 83.4 cm³/mol. The molecule has 0 spiro atoms. The lowest BCUT2D eigenvalue weighted by Gasteiger charge is -2.24. The van der Waals surface area contributed by atoms with Crippen molar-refractivity contribution in [1.82, 2.24) is 4.98 Å². The molecule has 0 aliphatic carbocycles. The molecule has 0 saturated heterocycles. The van der Waals surface area contributed by atoms with E-state index in [0.717, 1.165) is 5.69 Å². The number of nitrogens with two attached hydrogens (primary N) is 1. The van der Waals surface area contributed by atoms with Gasteiger partial charge in [-0.3, -0.25) is 0 Å². The van der Waals surface area contributed by atoms with Gasteiger partial charge in [-0.1, -0.05) is 23.4 Å². The van der Waals surface area contributed by atoms with Crippen LogP contribution in [0.5, 0.6) is 0 Å². The summed E-state index contributed by atoms with van der Waals surface area (Å²) in [4.78, 5) is 5.80. The number of amidine groups is 1. The Kier molecular flexibility index (Phi) is 5.10. The second-order valence-electron chi connectivity index (χ2n) is 4.29. The molecule has 3 N–H and O–H groups in total. The van der Waals surface area contributed by atoms with Gasteiger partial charge in [0.15, 0.2) is 11.6 Å². The maximum Gasteiger partial charge on any atom is 0.169 e. The highest BCUT2D eigenvalue weighted by atomic mass is 79.9. The summed E-state index contributed by atoms with van der Waals surface area (Å²) in [6.45, 7) is 0.339. The highest BCUT2D eigenvalue weighted by molar-refractivity contribution is 9.10. The van der Waals surface area contributed by atoms with Crippen molar-refractivity contribution in [3.63, 3.8) is 0 Å². The normalized spacial score (nSPS) is 11.4. The van der Waals surface area contributed by atoms with Crippen LogP contribution < -0.4 is 10.6 Å². The first kappa shape index (κ1) is 15.2. The van der Waals surface area contributed by atoms with Crippen LogP contribution in [0.4, 0.5) is 15.9 Å². The van der Waals surface area contributed by atoms with Crippen LogP contribution in [0.2, 0.25) is 0 Å². The lowest BCUT2D eigenvalue weighted by atomic mass is 10.2. The number of halogens is 2. The molecule has 21 heavy (non-hydrogen) atoms. The van der Waals surface area contributed by atoms with E-state index < -0.39 is 5.82 Å². The third-order valence-electron chi connectivity index (χ3n) is 2.83. The maximum absolute atomic E-state index is 14.1. The molecule has 7 heteroatoms. The molecule has 1 aromatic heterocycles. The van der Waals surface area contributed by atoms with Gasteiger partial charge >= 0.3 is 0 Å². The topological polar surface area (TPSA) is 74.7 Å². The predicted octanol–water partition coefficient (Wildman–Crippen LogP) is 3.26. The second-order valence-corrected chi connectivity index (χ2v) is 5.20. The van der Waals surface area contributed by atoms with Gasteiger partial charge in [0.25, 0.3) is 0 Å². The van der Waals surface area contributed by atoms with Gasteiger partial charge in [0.2, 0.25) is 0 Å². The minimum atomic E-state index is -0.451. The Bertz CT molecular complexity index is 636. The molecule has 0 saturated carbocycles. The number of para-hydroxylation sites is 1. The van der Waals surface area contributed by atoms with Gasteiger partial charge in [0.05, 0.1) is 0 Å². The Morgan fingerprint density at radius 2 is 2.10 bits per heavy atom. The van der Waals surface area contributed by atoms with E-state index in [9.17, 15) is 4.39 Å². The summed E-state index contributed by atoms with van der Waals surface area (Å²) in [5.41, 5.74) is 6.27. The second kappa shape index (κ2) is 7.03. The number of anilines is 2. The van der Waals surface area contributed by atoms with Crippen LogP contribution in [-0.4, -0.2) is 22.6 Å². The van der Waals surface area contributed by atoms with Crippen molar-refractivity contribution in [2.45, 2.75) is 6.42 Å². The first-order chi connectivity index (χ1) is 10.1. The van der Waals surface area contributed by atoms with Crippen LogP contribution in [0, 0.1) is 5.82 Å². The van der Waals surface area contributed by atoms with Crippen LogP contribution in [0.25, 0.3) is 0 Å². The van der Waals surface area contributed by atoms with Gasteiger partial charge in [-0.15, -0.1) is 0 Å². The number of benzene rings is 1. The number of hydrogen-bond acceptors (Lipinski definition) is 4. The Morgan fingerprint density at radius 3 is 2.71 bits per heavy atom. The first-order valence-corrected chi connectivity index (χ1v) is 7.01. The van der Waals surface area contributed by atoms with Crippen molar-refractivity contribution in [3.8, 4) is 0 Å². The summed E-state index contributed by atoms with van der Waals surface area (Å²) >= 11 is 3.18. The smallest absolute Gasteiger partial charge is 0.169 e. The highest BCUT2D eigenvalue weighted by Crippen LogP contribution is 2.27. The fourth-order valence-corrected chi connectivity index (χ4v) is 2.15. The van der Waals surface area contributed by atoms with Crippen LogP contribution in [0.3, 0.4) is 0 Å². The van der Waals surface area contributed by atoms with E-state index in [1.807, 2.05) is 30.3 Å². The van der Waals surface area contributed by atoms with E-state index in [-0.39, 0.29) is 18.1 Å². The largest absolute Gasteiger partial charge is 0.409 e. The molecule has 0 atom stereocenters. The molecule has 2 aromatic rings. The summed E-state index contributed by atoms with van der Waals surface area (Å²) in [6, 6.07) is 10.6. The van der Waals surface area contributed by atoms with E-state index in [1.165, 1.54) is 12.3 Å². The molecule has 0 unspecified atom stereocenters. The fraction of sp³-hybridized carbons (Fsp3) is 0.143.